The zero-order valence-electron chi connectivity index (χ0n) is 11.5. The second kappa shape index (κ2) is 8.54. The van der Waals surface area contributed by atoms with Gasteiger partial charge in [-0.15, -0.1) is 0 Å². The van der Waals surface area contributed by atoms with Crippen LogP contribution >= 0.6 is 15.9 Å². The number of ether oxygens (including phenoxy) is 2. The minimum atomic E-state index is 0.120. The van der Waals surface area contributed by atoms with Gasteiger partial charge in [-0.05, 0) is 28.4 Å². The van der Waals surface area contributed by atoms with E-state index in [1.807, 2.05) is 12.1 Å². The maximum absolute atomic E-state index is 5.61. The first-order valence-corrected chi connectivity index (χ1v) is 7.39. The van der Waals surface area contributed by atoms with Crippen molar-refractivity contribution in [3.8, 4) is 5.75 Å². The second-order valence-corrected chi connectivity index (χ2v) is 5.29. The molecule has 0 unspecified atom stereocenters. The summed E-state index contributed by atoms with van der Waals surface area (Å²) in [6.45, 7) is 2.23. The molecule has 1 atom stereocenters. The van der Waals surface area contributed by atoms with Crippen LogP contribution in [0.1, 0.15) is 50.7 Å². The van der Waals surface area contributed by atoms with Crippen molar-refractivity contribution >= 4 is 15.9 Å². The van der Waals surface area contributed by atoms with Gasteiger partial charge in [0.1, 0.15) is 5.75 Å². The van der Waals surface area contributed by atoms with Gasteiger partial charge in [0, 0.05) is 12.7 Å². The monoisotopic (exact) mass is 314 g/mol. The molecule has 0 N–H and O–H groups in total. The van der Waals surface area contributed by atoms with Crippen LogP contribution < -0.4 is 4.74 Å². The van der Waals surface area contributed by atoms with Gasteiger partial charge in [0.2, 0.25) is 0 Å². The van der Waals surface area contributed by atoms with E-state index in [9.17, 15) is 0 Å². The number of rotatable bonds is 8. The van der Waals surface area contributed by atoms with E-state index in [2.05, 4.69) is 28.9 Å². The molecule has 0 saturated heterocycles. The lowest BCUT2D eigenvalue weighted by atomic mass is 10.0. The largest absolute Gasteiger partial charge is 0.495 e. The van der Waals surface area contributed by atoms with Crippen LogP contribution in [-0.2, 0) is 4.74 Å². The van der Waals surface area contributed by atoms with Gasteiger partial charge in [-0.3, -0.25) is 0 Å². The molecule has 0 fully saturated rings. The number of hydrogen-bond donors (Lipinski definition) is 0. The van der Waals surface area contributed by atoms with Gasteiger partial charge in [-0.2, -0.15) is 0 Å². The van der Waals surface area contributed by atoms with Crippen molar-refractivity contribution < 1.29 is 9.47 Å². The molecule has 2 nitrogen and oxygen atoms in total. The zero-order chi connectivity index (χ0) is 13.4. The Bertz CT molecular complexity index is 352. The Hall–Kier alpha value is -0.540. The third kappa shape index (κ3) is 4.29. The molecule has 0 aliphatic carbocycles. The predicted molar refractivity (Wildman–Crippen MR) is 79.2 cm³/mol. The maximum Gasteiger partial charge on any atom is 0.138 e. The molecule has 0 saturated carbocycles. The minimum Gasteiger partial charge on any atom is -0.495 e. The van der Waals surface area contributed by atoms with Gasteiger partial charge < -0.3 is 9.47 Å². The van der Waals surface area contributed by atoms with Crippen molar-refractivity contribution in [2.24, 2.45) is 0 Å². The lowest BCUT2D eigenvalue weighted by Gasteiger charge is -2.19. The average molecular weight is 315 g/mol. The van der Waals surface area contributed by atoms with Crippen molar-refractivity contribution in [1.29, 1.82) is 0 Å². The van der Waals surface area contributed by atoms with Crippen molar-refractivity contribution in [2.75, 3.05) is 14.2 Å². The molecule has 0 amide bonds. The molecular formula is C15H23BrO2. The van der Waals surface area contributed by atoms with Crippen LogP contribution in [0, 0.1) is 0 Å². The van der Waals surface area contributed by atoms with Crippen molar-refractivity contribution in [2.45, 2.75) is 45.1 Å². The highest BCUT2D eigenvalue weighted by Gasteiger charge is 2.16. The molecule has 0 heterocycles. The first-order valence-electron chi connectivity index (χ1n) is 6.59. The van der Waals surface area contributed by atoms with Gasteiger partial charge in [-0.25, -0.2) is 0 Å². The lowest BCUT2D eigenvalue weighted by Crippen LogP contribution is -2.04. The molecule has 102 valence electrons. The Morgan fingerprint density at radius 3 is 2.56 bits per heavy atom. The summed E-state index contributed by atoms with van der Waals surface area (Å²) < 4.78 is 12.1. The average Bonchev–Trinajstić information content (AvgIpc) is 2.39. The summed E-state index contributed by atoms with van der Waals surface area (Å²) in [5.74, 6) is 0.889. The summed E-state index contributed by atoms with van der Waals surface area (Å²) in [5.41, 5.74) is 1.13. The van der Waals surface area contributed by atoms with Crippen molar-refractivity contribution in [3.05, 3.63) is 28.2 Å². The summed E-state index contributed by atoms with van der Waals surface area (Å²) >= 11 is 3.52. The van der Waals surface area contributed by atoms with Gasteiger partial charge in [0.25, 0.3) is 0 Å². The smallest absolute Gasteiger partial charge is 0.138 e. The molecular weight excluding hydrogens is 292 g/mol. The number of halogens is 1. The zero-order valence-corrected chi connectivity index (χ0v) is 13.1. The molecule has 18 heavy (non-hydrogen) atoms. The van der Waals surface area contributed by atoms with Crippen LogP contribution in [0.3, 0.4) is 0 Å². The fraction of sp³-hybridized carbons (Fsp3) is 0.600. The van der Waals surface area contributed by atoms with Crippen LogP contribution in [0.4, 0.5) is 0 Å². The molecule has 0 aliphatic rings. The highest BCUT2D eigenvalue weighted by Crippen LogP contribution is 2.36. The number of unbranched alkanes of at least 4 members (excludes halogenated alkanes) is 3. The molecule has 0 bridgehead atoms. The third-order valence-corrected chi connectivity index (χ3v) is 3.78. The Balaban J connectivity index is 2.72. The highest BCUT2D eigenvalue weighted by molar-refractivity contribution is 9.10. The maximum atomic E-state index is 5.61. The van der Waals surface area contributed by atoms with Crippen LogP contribution in [0.15, 0.2) is 22.7 Å². The molecule has 1 rings (SSSR count). The Morgan fingerprint density at radius 1 is 1.17 bits per heavy atom. The SMILES string of the molecule is CCCCCC[C@H](OC)c1cccc(Br)c1OC. The van der Waals surface area contributed by atoms with Gasteiger partial charge in [0.15, 0.2) is 0 Å². The summed E-state index contributed by atoms with van der Waals surface area (Å²) in [7, 11) is 3.47. The topological polar surface area (TPSA) is 18.5 Å². The number of hydrogen-bond acceptors (Lipinski definition) is 2. The van der Waals surface area contributed by atoms with Crippen LogP contribution in [0.25, 0.3) is 0 Å². The first kappa shape index (κ1) is 15.5. The number of benzene rings is 1. The summed E-state index contributed by atoms with van der Waals surface area (Å²) in [6.07, 6.45) is 6.19. The molecule has 0 radical (unpaired) electrons. The quantitative estimate of drug-likeness (QED) is 0.620. The predicted octanol–water partition coefficient (Wildman–Crippen LogP) is 5.12. The van der Waals surface area contributed by atoms with E-state index < -0.39 is 0 Å². The van der Waals surface area contributed by atoms with Crippen molar-refractivity contribution in [1.82, 2.24) is 0 Å². The third-order valence-electron chi connectivity index (χ3n) is 3.15. The highest BCUT2D eigenvalue weighted by atomic mass is 79.9. The lowest BCUT2D eigenvalue weighted by molar-refractivity contribution is 0.0907. The van der Waals surface area contributed by atoms with E-state index in [0.717, 1.165) is 22.2 Å². The van der Waals surface area contributed by atoms with Gasteiger partial charge >= 0.3 is 0 Å². The standard InChI is InChI=1S/C15H23BrO2/c1-4-5-6-7-11-14(17-2)12-9-8-10-13(16)15(12)18-3/h8-10,14H,4-7,11H2,1-3H3/t14-/m0/s1. The second-order valence-electron chi connectivity index (χ2n) is 4.44. The number of para-hydroxylation sites is 1. The summed E-state index contributed by atoms with van der Waals surface area (Å²) in [5, 5.41) is 0. The van der Waals surface area contributed by atoms with Crippen molar-refractivity contribution in [3.63, 3.8) is 0 Å². The van der Waals surface area contributed by atoms with Crippen LogP contribution in [-0.4, -0.2) is 14.2 Å². The van der Waals surface area contributed by atoms with E-state index in [0.29, 0.717) is 0 Å². The molecule has 0 spiro atoms. The summed E-state index contributed by atoms with van der Waals surface area (Å²) in [4.78, 5) is 0. The van der Waals surface area contributed by atoms with E-state index in [4.69, 9.17) is 9.47 Å². The molecule has 0 aliphatic heterocycles. The fourth-order valence-corrected chi connectivity index (χ4v) is 2.69. The number of methoxy groups -OCH3 is 2. The Morgan fingerprint density at radius 2 is 1.94 bits per heavy atom. The molecule has 3 heteroatoms. The molecule has 1 aromatic carbocycles. The summed E-state index contributed by atoms with van der Waals surface area (Å²) in [6, 6.07) is 6.10. The first-order chi connectivity index (χ1) is 8.74. The van der Waals surface area contributed by atoms with Gasteiger partial charge in [-0.1, -0.05) is 44.7 Å². The van der Waals surface area contributed by atoms with Crippen LogP contribution in [0.2, 0.25) is 0 Å². The minimum absolute atomic E-state index is 0.120. The van der Waals surface area contributed by atoms with E-state index in [1.54, 1.807) is 14.2 Å². The van der Waals surface area contributed by atoms with E-state index in [-0.39, 0.29) is 6.10 Å². The Labute approximate surface area is 119 Å². The fourth-order valence-electron chi connectivity index (χ4n) is 2.15. The van der Waals surface area contributed by atoms with E-state index in [1.165, 1.54) is 25.7 Å². The van der Waals surface area contributed by atoms with Gasteiger partial charge in [0.05, 0.1) is 17.7 Å². The molecule has 0 aromatic heterocycles. The normalized spacial score (nSPS) is 12.4. The van der Waals surface area contributed by atoms with Crippen LogP contribution in [0.5, 0.6) is 5.75 Å². The Kier molecular flexibility index (Phi) is 7.36. The van der Waals surface area contributed by atoms with E-state index >= 15 is 0 Å². The molecule has 1 aromatic rings.